The first-order chi connectivity index (χ1) is 14.1. The Morgan fingerprint density at radius 2 is 2.03 bits per heavy atom. The van der Waals surface area contributed by atoms with Crippen molar-refractivity contribution in [2.24, 2.45) is 0 Å². The van der Waals surface area contributed by atoms with Gasteiger partial charge in [-0.1, -0.05) is 31.2 Å². The highest BCUT2D eigenvalue weighted by Gasteiger charge is 2.33. The number of benzene rings is 2. The smallest absolute Gasteiger partial charge is 0.262 e. The SMILES string of the molecule is CCCNC(=O)[C@@H]1CN(C(=O)Cc2coc3cc(C)ccc23)c2ccccc2O1. The number of aryl methyl sites for hydroxylation is 1. The number of carbonyl (C=O) groups excluding carboxylic acids is 2. The molecule has 0 saturated carbocycles. The Bertz CT molecular complexity index is 1060. The van der Waals surface area contributed by atoms with Crippen LogP contribution in [0, 0.1) is 6.92 Å². The molecule has 1 aliphatic rings. The minimum absolute atomic E-state index is 0.0997. The molecule has 1 N–H and O–H groups in total. The van der Waals surface area contributed by atoms with Crippen LogP contribution >= 0.6 is 0 Å². The Hall–Kier alpha value is -3.28. The molecule has 0 saturated heterocycles. The van der Waals surface area contributed by atoms with Crippen LogP contribution in [0.3, 0.4) is 0 Å². The number of rotatable bonds is 5. The fraction of sp³-hybridized carbons (Fsp3) is 0.304. The van der Waals surface area contributed by atoms with Gasteiger partial charge in [-0.3, -0.25) is 9.59 Å². The molecule has 6 heteroatoms. The van der Waals surface area contributed by atoms with Crippen molar-refractivity contribution in [2.45, 2.75) is 32.8 Å². The molecule has 4 rings (SSSR count). The standard InChI is InChI=1S/C23H24N2O4/c1-3-10-24-23(27)21-13-25(18-6-4-5-7-19(18)29-21)22(26)12-16-14-28-20-11-15(2)8-9-17(16)20/h4-9,11,14,21H,3,10,12-13H2,1-2H3,(H,24,27)/t21-/m0/s1. The number of anilines is 1. The zero-order chi connectivity index (χ0) is 20.4. The molecule has 29 heavy (non-hydrogen) atoms. The molecule has 2 amide bonds. The molecule has 0 unspecified atom stereocenters. The van der Waals surface area contributed by atoms with Crippen LogP contribution in [0.1, 0.15) is 24.5 Å². The van der Waals surface area contributed by atoms with Crippen LogP contribution in [0.2, 0.25) is 0 Å². The summed E-state index contributed by atoms with van der Waals surface area (Å²) >= 11 is 0. The fourth-order valence-electron chi connectivity index (χ4n) is 3.55. The van der Waals surface area contributed by atoms with Crippen LogP contribution in [0.25, 0.3) is 11.0 Å². The van der Waals surface area contributed by atoms with Gasteiger partial charge in [0, 0.05) is 17.5 Å². The van der Waals surface area contributed by atoms with Crippen molar-refractivity contribution in [3.63, 3.8) is 0 Å². The average Bonchev–Trinajstić information content (AvgIpc) is 3.12. The van der Waals surface area contributed by atoms with Gasteiger partial charge in [0.1, 0.15) is 11.3 Å². The lowest BCUT2D eigenvalue weighted by Crippen LogP contribution is -2.51. The second-order valence-corrected chi connectivity index (χ2v) is 7.31. The monoisotopic (exact) mass is 392 g/mol. The Balaban J connectivity index is 1.59. The van der Waals surface area contributed by atoms with Crippen molar-refractivity contribution >= 4 is 28.5 Å². The molecule has 0 bridgehead atoms. The first kappa shape index (κ1) is 19.1. The largest absolute Gasteiger partial charge is 0.477 e. The van der Waals surface area contributed by atoms with E-state index >= 15 is 0 Å². The fourth-order valence-corrected chi connectivity index (χ4v) is 3.55. The molecule has 0 aliphatic carbocycles. The summed E-state index contributed by atoms with van der Waals surface area (Å²) in [7, 11) is 0. The number of carbonyl (C=O) groups is 2. The third-order valence-electron chi connectivity index (χ3n) is 5.07. The molecule has 0 spiro atoms. The normalized spacial score (nSPS) is 15.7. The average molecular weight is 392 g/mol. The van der Waals surface area contributed by atoms with E-state index in [-0.39, 0.29) is 24.8 Å². The van der Waals surface area contributed by atoms with Gasteiger partial charge in [-0.15, -0.1) is 0 Å². The van der Waals surface area contributed by atoms with Crippen LogP contribution < -0.4 is 15.0 Å². The highest BCUT2D eigenvalue weighted by molar-refractivity contribution is 6.00. The predicted molar refractivity (Wildman–Crippen MR) is 111 cm³/mol. The van der Waals surface area contributed by atoms with Crippen molar-refractivity contribution < 1.29 is 18.7 Å². The van der Waals surface area contributed by atoms with Gasteiger partial charge in [-0.25, -0.2) is 0 Å². The summed E-state index contributed by atoms with van der Waals surface area (Å²) in [5.41, 5.74) is 3.39. The Morgan fingerprint density at radius 3 is 2.86 bits per heavy atom. The number of nitrogens with zero attached hydrogens (tertiary/aromatic N) is 1. The molecule has 0 radical (unpaired) electrons. The Morgan fingerprint density at radius 1 is 1.21 bits per heavy atom. The van der Waals surface area contributed by atoms with E-state index in [1.54, 1.807) is 17.2 Å². The number of fused-ring (bicyclic) bond motifs is 2. The second kappa shape index (κ2) is 7.99. The summed E-state index contributed by atoms with van der Waals surface area (Å²) in [4.78, 5) is 27.3. The maximum atomic E-state index is 13.2. The van der Waals surface area contributed by atoms with Crippen molar-refractivity contribution in [1.82, 2.24) is 5.32 Å². The van der Waals surface area contributed by atoms with Gasteiger partial charge in [0.15, 0.2) is 6.10 Å². The predicted octanol–water partition coefficient (Wildman–Crippen LogP) is 3.60. The maximum Gasteiger partial charge on any atom is 0.262 e. The summed E-state index contributed by atoms with van der Waals surface area (Å²) < 4.78 is 11.5. The van der Waals surface area contributed by atoms with Gasteiger partial charge in [-0.05, 0) is 37.1 Å². The minimum Gasteiger partial charge on any atom is -0.477 e. The number of ether oxygens (including phenoxy) is 1. The molecule has 0 fully saturated rings. The molecule has 3 aromatic rings. The molecule has 1 aliphatic heterocycles. The van der Waals surface area contributed by atoms with E-state index in [1.165, 1.54) is 0 Å². The topological polar surface area (TPSA) is 71.8 Å². The molecule has 2 aromatic carbocycles. The van der Waals surface area contributed by atoms with Gasteiger partial charge < -0.3 is 19.4 Å². The van der Waals surface area contributed by atoms with Crippen molar-refractivity contribution in [3.8, 4) is 5.75 Å². The molecule has 1 aromatic heterocycles. The summed E-state index contributed by atoms with van der Waals surface area (Å²) in [6.07, 6.45) is 1.93. The molecule has 2 heterocycles. The highest BCUT2D eigenvalue weighted by atomic mass is 16.5. The number of para-hydroxylation sites is 2. The highest BCUT2D eigenvalue weighted by Crippen LogP contribution is 2.34. The van der Waals surface area contributed by atoms with E-state index in [4.69, 9.17) is 9.15 Å². The zero-order valence-corrected chi connectivity index (χ0v) is 16.6. The number of furan rings is 1. The molecule has 1 atom stereocenters. The zero-order valence-electron chi connectivity index (χ0n) is 16.6. The lowest BCUT2D eigenvalue weighted by Gasteiger charge is -2.34. The van der Waals surface area contributed by atoms with Crippen LogP contribution in [0.4, 0.5) is 5.69 Å². The quantitative estimate of drug-likeness (QED) is 0.720. The molecule has 6 nitrogen and oxygen atoms in total. The molecule has 150 valence electrons. The summed E-state index contributed by atoms with van der Waals surface area (Å²) in [6.45, 7) is 4.75. The molecular formula is C23H24N2O4. The third kappa shape index (κ3) is 3.83. The summed E-state index contributed by atoms with van der Waals surface area (Å²) in [5, 5.41) is 3.78. The van der Waals surface area contributed by atoms with E-state index in [1.807, 2.05) is 50.2 Å². The Kier molecular flexibility index (Phi) is 5.25. The second-order valence-electron chi connectivity index (χ2n) is 7.31. The van der Waals surface area contributed by atoms with E-state index in [0.717, 1.165) is 28.5 Å². The number of hydrogen-bond donors (Lipinski definition) is 1. The lowest BCUT2D eigenvalue weighted by molar-refractivity contribution is -0.128. The van der Waals surface area contributed by atoms with Crippen LogP contribution in [-0.2, 0) is 16.0 Å². The van der Waals surface area contributed by atoms with E-state index in [2.05, 4.69) is 5.32 Å². The van der Waals surface area contributed by atoms with Gasteiger partial charge in [0.05, 0.1) is 24.9 Å². The van der Waals surface area contributed by atoms with Crippen LogP contribution in [0.5, 0.6) is 5.75 Å². The van der Waals surface area contributed by atoms with Crippen molar-refractivity contribution in [3.05, 3.63) is 59.9 Å². The summed E-state index contributed by atoms with van der Waals surface area (Å²) in [6, 6.07) is 13.3. The van der Waals surface area contributed by atoms with Crippen LogP contribution in [-0.4, -0.2) is 31.0 Å². The van der Waals surface area contributed by atoms with Crippen molar-refractivity contribution in [1.29, 1.82) is 0 Å². The van der Waals surface area contributed by atoms with Crippen molar-refractivity contribution in [2.75, 3.05) is 18.0 Å². The number of hydrogen-bond acceptors (Lipinski definition) is 4. The van der Waals surface area contributed by atoms with Gasteiger partial charge >= 0.3 is 0 Å². The maximum absolute atomic E-state index is 13.2. The van der Waals surface area contributed by atoms with Gasteiger partial charge in [-0.2, -0.15) is 0 Å². The third-order valence-corrected chi connectivity index (χ3v) is 5.07. The minimum atomic E-state index is -0.732. The summed E-state index contributed by atoms with van der Waals surface area (Å²) in [5.74, 6) is 0.233. The van der Waals surface area contributed by atoms with Crippen LogP contribution in [0.15, 0.2) is 53.1 Å². The lowest BCUT2D eigenvalue weighted by atomic mass is 10.1. The first-order valence-corrected chi connectivity index (χ1v) is 9.87. The van der Waals surface area contributed by atoms with Gasteiger partial charge in [0.2, 0.25) is 5.91 Å². The number of nitrogens with one attached hydrogen (secondary N) is 1. The van der Waals surface area contributed by atoms with E-state index in [0.29, 0.717) is 18.0 Å². The number of amides is 2. The van der Waals surface area contributed by atoms with E-state index < -0.39 is 6.10 Å². The Labute approximate surface area is 169 Å². The first-order valence-electron chi connectivity index (χ1n) is 9.87. The molecular weight excluding hydrogens is 368 g/mol. The van der Waals surface area contributed by atoms with E-state index in [9.17, 15) is 9.59 Å². The van der Waals surface area contributed by atoms with Gasteiger partial charge in [0.25, 0.3) is 5.91 Å².